The summed E-state index contributed by atoms with van der Waals surface area (Å²) in [5.41, 5.74) is -2.07. The summed E-state index contributed by atoms with van der Waals surface area (Å²) in [6.45, 7) is -0.602. The van der Waals surface area contributed by atoms with E-state index in [0.29, 0.717) is 44.9 Å². The quantitative estimate of drug-likeness (QED) is 0.0945. The number of rotatable bonds is 14. The molecule has 0 aromatic heterocycles. The molecule has 0 spiro atoms. The predicted octanol–water partition coefficient (Wildman–Crippen LogP) is 9.39. The summed E-state index contributed by atoms with van der Waals surface area (Å²) in [4.78, 5) is 0. The van der Waals surface area contributed by atoms with Gasteiger partial charge < -0.3 is 35.7 Å². The Bertz CT molecular complexity index is 729. The maximum atomic E-state index is 10.8. The van der Waals surface area contributed by atoms with Crippen LogP contribution in [0, 0.1) is 22.2 Å². The third kappa shape index (κ3) is 17.4. The molecule has 0 amide bonds. The Morgan fingerprint density at radius 3 is 0.902 bits per heavy atom. The van der Waals surface area contributed by atoms with Crippen molar-refractivity contribution in [1.82, 2.24) is 0 Å². The number of aliphatic hydroxyl groups is 7. The molecule has 7 heteroatoms. The fourth-order valence-electron chi connectivity index (χ4n) is 11.0. The minimum absolute atomic E-state index is 0.00932. The molecule has 0 bridgehead atoms. The summed E-state index contributed by atoms with van der Waals surface area (Å²) in [5.74, 6) is -0.0444. The Morgan fingerprint density at radius 1 is 0.314 bits per heavy atom. The smallest absolute Gasteiger partial charge is 0.0436 e. The molecular weight excluding hydrogens is 640 g/mol. The first-order valence-corrected chi connectivity index (χ1v) is 22.3. The third-order valence-corrected chi connectivity index (χ3v) is 13.6. The van der Waals surface area contributed by atoms with Crippen molar-refractivity contribution in [1.29, 1.82) is 0 Å². The summed E-state index contributed by atoms with van der Waals surface area (Å²) in [6, 6.07) is 0. The molecule has 0 aliphatic heterocycles. The van der Waals surface area contributed by atoms with Crippen LogP contribution in [0.15, 0.2) is 0 Å². The van der Waals surface area contributed by atoms with Crippen LogP contribution >= 0.6 is 0 Å². The van der Waals surface area contributed by atoms with E-state index in [1.807, 2.05) is 0 Å². The highest BCUT2D eigenvalue weighted by molar-refractivity contribution is 5.10. The summed E-state index contributed by atoms with van der Waals surface area (Å²) < 4.78 is 0. The molecule has 0 radical (unpaired) electrons. The zero-order valence-corrected chi connectivity index (χ0v) is 33.5. The van der Waals surface area contributed by atoms with Crippen molar-refractivity contribution < 1.29 is 35.7 Å². The van der Waals surface area contributed by atoms with Crippen molar-refractivity contribution in [2.24, 2.45) is 22.2 Å². The van der Waals surface area contributed by atoms with E-state index in [1.165, 1.54) is 122 Å². The zero-order valence-electron chi connectivity index (χ0n) is 33.5. The van der Waals surface area contributed by atoms with Crippen LogP contribution < -0.4 is 0 Å². The fourth-order valence-corrected chi connectivity index (χ4v) is 11.0. The first-order valence-electron chi connectivity index (χ1n) is 22.3. The van der Waals surface area contributed by atoms with E-state index in [0.717, 1.165) is 44.9 Å². The number of hydrogen-bond donors (Lipinski definition) is 7. The molecule has 0 aromatic rings. The second-order valence-corrected chi connectivity index (χ2v) is 16.6. The first kappa shape index (κ1) is 48.7. The minimum atomic E-state index is -0.763. The Morgan fingerprint density at radius 2 is 0.608 bits per heavy atom. The highest BCUT2D eigenvalue weighted by atomic mass is 16.3. The van der Waals surface area contributed by atoms with Crippen LogP contribution in [-0.2, 0) is 0 Å². The largest absolute Gasteiger partial charge is 0.396 e. The Hall–Kier alpha value is -0.280. The van der Waals surface area contributed by atoms with Crippen LogP contribution in [0.3, 0.4) is 0 Å². The van der Waals surface area contributed by atoms with Gasteiger partial charge in [0.1, 0.15) is 0 Å². The van der Waals surface area contributed by atoms with E-state index < -0.39 is 16.2 Å². The van der Waals surface area contributed by atoms with Gasteiger partial charge >= 0.3 is 0 Å². The molecule has 0 heterocycles. The van der Waals surface area contributed by atoms with Gasteiger partial charge in [0.25, 0.3) is 0 Å². The summed E-state index contributed by atoms with van der Waals surface area (Å²) in [7, 11) is 0. The highest BCUT2D eigenvalue weighted by Gasteiger charge is 2.62. The van der Waals surface area contributed by atoms with Crippen LogP contribution in [0.5, 0.6) is 0 Å². The highest BCUT2D eigenvalue weighted by Crippen LogP contribution is 2.67. The van der Waals surface area contributed by atoms with Crippen molar-refractivity contribution in [2.45, 2.75) is 212 Å². The Balaban J connectivity index is 3.39. The van der Waals surface area contributed by atoms with E-state index in [4.69, 9.17) is 0 Å². The van der Waals surface area contributed by atoms with Crippen molar-refractivity contribution in [3.05, 3.63) is 0 Å². The molecule has 0 aromatic carbocycles. The molecule has 1 rings (SSSR count). The van der Waals surface area contributed by atoms with Crippen LogP contribution in [0.25, 0.3) is 0 Å². The molecule has 51 heavy (non-hydrogen) atoms. The molecule has 0 saturated heterocycles. The molecule has 1 atom stereocenters. The van der Waals surface area contributed by atoms with Crippen molar-refractivity contribution in [3.63, 3.8) is 0 Å². The normalized spacial score (nSPS) is 23.7. The van der Waals surface area contributed by atoms with Gasteiger partial charge in [-0.1, -0.05) is 154 Å². The van der Waals surface area contributed by atoms with Gasteiger partial charge in [-0.15, -0.1) is 0 Å². The second-order valence-electron chi connectivity index (χ2n) is 16.6. The van der Waals surface area contributed by atoms with Crippen LogP contribution in [-0.4, -0.2) is 82.0 Å². The molecule has 1 aliphatic carbocycles. The molecule has 1 saturated carbocycles. The summed E-state index contributed by atoms with van der Waals surface area (Å²) >= 11 is 0. The van der Waals surface area contributed by atoms with Crippen molar-refractivity contribution >= 4 is 0 Å². The van der Waals surface area contributed by atoms with E-state index in [2.05, 4.69) is 0 Å². The van der Waals surface area contributed by atoms with Crippen molar-refractivity contribution in [2.75, 3.05) is 46.2 Å². The van der Waals surface area contributed by atoms with Crippen LogP contribution in [0.2, 0.25) is 0 Å². The lowest BCUT2D eigenvalue weighted by Gasteiger charge is -2.64. The van der Waals surface area contributed by atoms with Gasteiger partial charge in [0.05, 0.1) is 0 Å². The summed E-state index contributed by atoms with van der Waals surface area (Å²) in [6.07, 6.45) is 35.0. The molecule has 7 N–H and O–H groups in total. The minimum Gasteiger partial charge on any atom is -0.396 e. The van der Waals surface area contributed by atoms with Crippen LogP contribution in [0.1, 0.15) is 212 Å². The summed E-state index contributed by atoms with van der Waals surface area (Å²) in [5, 5.41) is 74.8. The van der Waals surface area contributed by atoms with Gasteiger partial charge in [-0.3, -0.25) is 0 Å². The van der Waals surface area contributed by atoms with E-state index in [9.17, 15) is 35.7 Å². The lowest BCUT2D eigenvalue weighted by molar-refractivity contribution is -0.183. The first-order chi connectivity index (χ1) is 25.0. The lowest BCUT2D eigenvalue weighted by atomic mass is 9.40. The fraction of sp³-hybridized carbons (Fsp3) is 1.00. The van der Waals surface area contributed by atoms with Crippen LogP contribution in [0.4, 0.5) is 0 Å². The number of aliphatic hydroxyl groups excluding tert-OH is 7. The van der Waals surface area contributed by atoms with Gasteiger partial charge in [-0.05, 0) is 80.0 Å². The Labute approximate surface area is 315 Å². The topological polar surface area (TPSA) is 142 Å². The Kier molecular flexibility index (Phi) is 30.6. The van der Waals surface area contributed by atoms with E-state index in [1.54, 1.807) is 0 Å². The van der Waals surface area contributed by atoms with E-state index in [-0.39, 0.29) is 52.2 Å². The monoisotopic (exact) mass is 729 g/mol. The molecule has 1 aliphatic rings. The molecule has 1 unspecified atom stereocenters. The average Bonchev–Trinajstić information content (AvgIpc) is 3.12. The van der Waals surface area contributed by atoms with Gasteiger partial charge in [-0.25, -0.2) is 0 Å². The third-order valence-electron chi connectivity index (χ3n) is 13.6. The zero-order chi connectivity index (χ0) is 37.4. The standard InChI is InChI=1S/C44H88O7/c45-34-26-41-25-23-21-19-17-15-13-11-9-7-5-3-1-2-4-6-8-10-12-14-16-18-20-22-24-27-42(28-35-46,29-36-47)44(32-39-50,33-40-51)43(41,30-37-48)31-38-49/h41,45-51H,1-40H2. The number of hydrogen-bond acceptors (Lipinski definition) is 7. The van der Waals surface area contributed by atoms with Gasteiger partial charge in [0, 0.05) is 46.2 Å². The second kappa shape index (κ2) is 32.0. The predicted molar refractivity (Wildman–Crippen MR) is 213 cm³/mol. The molecular formula is C44H88O7. The van der Waals surface area contributed by atoms with Gasteiger partial charge in [-0.2, -0.15) is 0 Å². The maximum absolute atomic E-state index is 10.8. The SMILES string of the molecule is OCCC1CCCCCCCCCCCCCCCCCCCCCCCCCCC(CCO)(CCO)C(CCO)(CCO)C1(CCO)CCO. The van der Waals surface area contributed by atoms with Gasteiger partial charge in [0.2, 0.25) is 0 Å². The molecule has 7 nitrogen and oxygen atoms in total. The van der Waals surface area contributed by atoms with Gasteiger partial charge in [0.15, 0.2) is 0 Å². The average molecular weight is 729 g/mol. The molecule has 1 fully saturated rings. The molecule has 306 valence electrons. The van der Waals surface area contributed by atoms with Crippen molar-refractivity contribution in [3.8, 4) is 0 Å². The van der Waals surface area contributed by atoms with E-state index >= 15 is 0 Å². The maximum Gasteiger partial charge on any atom is 0.0436 e. The lowest BCUT2D eigenvalue weighted by Crippen LogP contribution is -2.59.